The lowest BCUT2D eigenvalue weighted by Gasteiger charge is -2.19. The maximum absolute atomic E-state index is 13.3. The van der Waals surface area contributed by atoms with E-state index in [1.165, 1.54) is 17.6 Å². The van der Waals surface area contributed by atoms with E-state index in [0.29, 0.717) is 12.0 Å². The minimum absolute atomic E-state index is 0.153. The molecule has 0 aromatic heterocycles. The molecule has 2 atom stereocenters. The van der Waals surface area contributed by atoms with Crippen molar-refractivity contribution in [2.45, 2.75) is 19.4 Å². The van der Waals surface area contributed by atoms with E-state index in [1.807, 2.05) is 17.8 Å². The molecule has 4 heteroatoms. The molecule has 1 N–H and O–H groups in total. The first-order valence-electron chi connectivity index (χ1n) is 5.95. The van der Waals surface area contributed by atoms with E-state index in [1.54, 1.807) is 6.07 Å². The monoisotopic (exact) mass is 317 g/mol. The molecule has 1 aliphatic heterocycles. The van der Waals surface area contributed by atoms with Crippen LogP contribution < -0.4 is 5.32 Å². The lowest BCUT2D eigenvalue weighted by Crippen LogP contribution is -2.36. The summed E-state index contributed by atoms with van der Waals surface area (Å²) in [6, 6.07) is 5.76. The Morgan fingerprint density at radius 1 is 1.41 bits per heavy atom. The SMILES string of the molecule is CCNC1CSCC1Cc1cc(F)cc(Br)c1. The molecular formula is C13H17BrFNS. The van der Waals surface area contributed by atoms with Crippen molar-refractivity contribution in [2.75, 3.05) is 18.1 Å². The molecule has 0 amide bonds. The van der Waals surface area contributed by atoms with Crippen molar-refractivity contribution < 1.29 is 4.39 Å². The molecule has 0 radical (unpaired) electrons. The molecule has 1 saturated heterocycles. The molecule has 1 nitrogen and oxygen atoms in total. The minimum Gasteiger partial charge on any atom is -0.313 e. The molecule has 1 aliphatic rings. The van der Waals surface area contributed by atoms with Gasteiger partial charge in [-0.15, -0.1) is 0 Å². The van der Waals surface area contributed by atoms with E-state index in [4.69, 9.17) is 0 Å². The molecule has 0 aliphatic carbocycles. The Balaban J connectivity index is 2.04. The first-order chi connectivity index (χ1) is 8.19. The molecule has 2 unspecified atom stereocenters. The molecule has 2 rings (SSSR count). The third-order valence-corrected chi connectivity index (χ3v) is 4.80. The van der Waals surface area contributed by atoms with Gasteiger partial charge in [-0.05, 0) is 48.4 Å². The van der Waals surface area contributed by atoms with Gasteiger partial charge in [0.1, 0.15) is 5.82 Å². The summed E-state index contributed by atoms with van der Waals surface area (Å²) in [6.45, 7) is 3.15. The molecule has 1 aromatic carbocycles. The normalized spacial score (nSPS) is 24.2. The van der Waals surface area contributed by atoms with Crippen molar-refractivity contribution >= 4 is 27.7 Å². The van der Waals surface area contributed by atoms with Crippen molar-refractivity contribution in [2.24, 2.45) is 5.92 Å². The summed E-state index contributed by atoms with van der Waals surface area (Å²) >= 11 is 5.34. The van der Waals surface area contributed by atoms with Crippen LogP contribution in [0.5, 0.6) is 0 Å². The van der Waals surface area contributed by atoms with Gasteiger partial charge in [-0.1, -0.05) is 22.9 Å². The third-order valence-electron chi connectivity index (χ3n) is 3.08. The van der Waals surface area contributed by atoms with Crippen LogP contribution in [0.2, 0.25) is 0 Å². The first kappa shape index (κ1) is 13.4. The van der Waals surface area contributed by atoms with Crippen molar-refractivity contribution in [1.29, 1.82) is 0 Å². The minimum atomic E-state index is -0.153. The van der Waals surface area contributed by atoms with Gasteiger partial charge in [0.25, 0.3) is 0 Å². The predicted molar refractivity (Wildman–Crippen MR) is 76.1 cm³/mol. The Kier molecular flexibility index (Phi) is 4.88. The summed E-state index contributed by atoms with van der Waals surface area (Å²) in [4.78, 5) is 0. The Morgan fingerprint density at radius 2 is 2.24 bits per heavy atom. The number of hydrogen-bond acceptors (Lipinski definition) is 2. The number of nitrogens with one attached hydrogen (secondary N) is 1. The predicted octanol–water partition coefficient (Wildman–Crippen LogP) is 3.47. The van der Waals surface area contributed by atoms with Crippen LogP contribution in [0.25, 0.3) is 0 Å². The van der Waals surface area contributed by atoms with E-state index in [-0.39, 0.29) is 5.82 Å². The molecule has 0 spiro atoms. The summed E-state index contributed by atoms with van der Waals surface area (Å²) in [5, 5.41) is 3.52. The van der Waals surface area contributed by atoms with Crippen LogP contribution in [-0.4, -0.2) is 24.1 Å². The van der Waals surface area contributed by atoms with Crippen molar-refractivity contribution in [3.05, 3.63) is 34.1 Å². The fourth-order valence-corrected chi connectivity index (χ4v) is 4.26. The van der Waals surface area contributed by atoms with Crippen LogP contribution >= 0.6 is 27.7 Å². The molecule has 0 saturated carbocycles. The van der Waals surface area contributed by atoms with Gasteiger partial charge >= 0.3 is 0 Å². The largest absolute Gasteiger partial charge is 0.313 e. The molecule has 0 bridgehead atoms. The van der Waals surface area contributed by atoms with Crippen molar-refractivity contribution in [3.8, 4) is 0 Å². The van der Waals surface area contributed by atoms with Crippen LogP contribution in [0.15, 0.2) is 22.7 Å². The Bertz CT molecular complexity index is 365. The molecule has 1 heterocycles. The second-order valence-electron chi connectivity index (χ2n) is 4.44. The number of benzene rings is 1. The maximum atomic E-state index is 13.3. The smallest absolute Gasteiger partial charge is 0.124 e. The standard InChI is InChI=1S/C13H17BrFNS/c1-2-16-13-8-17-7-10(13)3-9-4-11(14)6-12(15)5-9/h4-6,10,13,16H,2-3,7-8H2,1H3. The third kappa shape index (κ3) is 3.70. The highest BCUT2D eigenvalue weighted by atomic mass is 79.9. The second-order valence-corrected chi connectivity index (χ2v) is 6.43. The van der Waals surface area contributed by atoms with E-state index in [2.05, 4.69) is 28.2 Å². The summed E-state index contributed by atoms with van der Waals surface area (Å²) in [5.41, 5.74) is 1.09. The molecular weight excluding hydrogens is 301 g/mol. The first-order valence-corrected chi connectivity index (χ1v) is 7.90. The van der Waals surface area contributed by atoms with Gasteiger partial charge in [0, 0.05) is 16.3 Å². The summed E-state index contributed by atoms with van der Waals surface area (Å²) in [6.07, 6.45) is 0.959. The van der Waals surface area contributed by atoms with Crippen molar-refractivity contribution in [1.82, 2.24) is 5.32 Å². The Hall–Kier alpha value is -0.0600. The average molecular weight is 318 g/mol. The molecule has 94 valence electrons. The average Bonchev–Trinajstić information content (AvgIpc) is 2.65. The summed E-state index contributed by atoms with van der Waals surface area (Å²) < 4.78 is 14.1. The maximum Gasteiger partial charge on any atom is 0.124 e. The number of thioether (sulfide) groups is 1. The fraction of sp³-hybridized carbons (Fsp3) is 0.538. The number of hydrogen-bond donors (Lipinski definition) is 1. The zero-order valence-corrected chi connectivity index (χ0v) is 12.3. The topological polar surface area (TPSA) is 12.0 Å². The molecule has 1 aromatic rings. The summed E-state index contributed by atoms with van der Waals surface area (Å²) in [5.74, 6) is 2.81. The van der Waals surface area contributed by atoms with Crippen LogP contribution in [0, 0.1) is 11.7 Å². The van der Waals surface area contributed by atoms with E-state index < -0.39 is 0 Å². The Labute approximate surface area is 115 Å². The van der Waals surface area contributed by atoms with E-state index in [0.717, 1.165) is 23.0 Å². The van der Waals surface area contributed by atoms with Gasteiger partial charge in [-0.3, -0.25) is 0 Å². The second kappa shape index (κ2) is 6.21. The van der Waals surface area contributed by atoms with Crippen LogP contribution in [0.3, 0.4) is 0 Å². The van der Waals surface area contributed by atoms with E-state index >= 15 is 0 Å². The highest BCUT2D eigenvalue weighted by Crippen LogP contribution is 2.28. The van der Waals surface area contributed by atoms with Crippen LogP contribution in [0.1, 0.15) is 12.5 Å². The Morgan fingerprint density at radius 3 is 2.94 bits per heavy atom. The van der Waals surface area contributed by atoms with Crippen molar-refractivity contribution in [3.63, 3.8) is 0 Å². The summed E-state index contributed by atoms with van der Waals surface area (Å²) in [7, 11) is 0. The lowest BCUT2D eigenvalue weighted by atomic mass is 9.95. The van der Waals surface area contributed by atoms with Crippen LogP contribution in [0.4, 0.5) is 4.39 Å². The number of rotatable bonds is 4. The van der Waals surface area contributed by atoms with E-state index in [9.17, 15) is 4.39 Å². The molecule has 17 heavy (non-hydrogen) atoms. The van der Waals surface area contributed by atoms with Crippen LogP contribution in [-0.2, 0) is 6.42 Å². The van der Waals surface area contributed by atoms with Gasteiger partial charge in [0.2, 0.25) is 0 Å². The zero-order valence-electron chi connectivity index (χ0n) is 9.88. The number of halogens is 2. The highest BCUT2D eigenvalue weighted by molar-refractivity contribution is 9.10. The van der Waals surface area contributed by atoms with Gasteiger partial charge < -0.3 is 5.32 Å². The zero-order chi connectivity index (χ0) is 12.3. The highest BCUT2D eigenvalue weighted by Gasteiger charge is 2.27. The van der Waals surface area contributed by atoms with Gasteiger partial charge in [-0.25, -0.2) is 4.39 Å². The molecule has 1 fully saturated rings. The van der Waals surface area contributed by atoms with Gasteiger partial charge in [0.15, 0.2) is 0 Å². The van der Waals surface area contributed by atoms with Gasteiger partial charge in [-0.2, -0.15) is 11.8 Å². The fourth-order valence-electron chi connectivity index (χ4n) is 2.32. The lowest BCUT2D eigenvalue weighted by molar-refractivity contribution is 0.433. The quantitative estimate of drug-likeness (QED) is 0.912. The van der Waals surface area contributed by atoms with Gasteiger partial charge in [0.05, 0.1) is 0 Å².